The predicted molar refractivity (Wildman–Crippen MR) is 74.1 cm³/mol. The van der Waals surface area contributed by atoms with Crippen molar-refractivity contribution in [2.75, 3.05) is 13.7 Å². The normalized spacial score (nSPS) is 12.5. The van der Waals surface area contributed by atoms with Crippen LogP contribution in [0.1, 0.15) is 13.8 Å². The number of halogens is 2. The number of nitrogens with two attached hydrogens (primary N) is 1. The second-order valence-electron chi connectivity index (χ2n) is 4.61. The van der Waals surface area contributed by atoms with E-state index in [2.05, 4.69) is 20.7 Å². The van der Waals surface area contributed by atoms with E-state index in [1.54, 1.807) is 13.8 Å². The van der Waals surface area contributed by atoms with Crippen LogP contribution < -0.4 is 15.2 Å². The first-order valence-electron chi connectivity index (χ1n) is 5.40. The highest BCUT2D eigenvalue weighted by Crippen LogP contribution is 2.30. The van der Waals surface area contributed by atoms with Crippen LogP contribution in [0.4, 0.5) is 4.39 Å². The summed E-state index contributed by atoms with van der Waals surface area (Å²) in [5.41, 5.74) is 4.64. The van der Waals surface area contributed by atoms with Gasteiger partial charge in [-0.05, 0) is 41.9 Å². The lowest BCUT2D eigenvalue weighted by atomic mass is 10.1. The minimum Gasteiger partial charge on any atom is -0.495 e. The van der Waals surface area contributed by atoms with Crippen molar-refractivity contribution in [3.63, 3.8) is 0 Å². The number of sulfonamides is 1. The van der Waals surface area contributed by atoms with Crippen LogP contribution in [0.15, 0.2) is 21.5 Å². The third kappa shape index (κ3) is 3.88. The highest BCUT2D eigenvalue weighted by atomic mass is 79.9. The molecule has 0 unspecified atom stereocenters. The largest absolute Gasteiger partial charge is 0.495 e. The molecule has 0 saturated carbocycles. The molecule has 0 radical (unpaired) electrons. The standard InChI is InChI=1S/C11H16BrFN2O3S/c1-11(2,6-14)15-19(16,17)10-5-8(13)7(12)4-9(10)18-3/h4-5,15H,6,14H2,1-3H3. The fourth-order valence-corrected chi connectivity index (χ4v) is 3.25. The second-order valence-corrected chi connectivity index (χ2v) is 7.12. The summed E-state index contributed by atoms with van der Waals surface area (Å²) in [4.78, 5) is -0.266. The second kappa shape index (κ2) is 5.74. The third-order valence-corrected chi connectivity index (χ3v) is 4.74. The topological polar surface area (TPSA) is 81.4 Å². The molecule has 0 aliphatic heterocycles. The van der Waals surface area contributed by atoms with Gasteiger partial charge in [0.05, 0.1) is 11.6 Å². The average molecular weight is 355 g/mol. The molecule has 0 aromatic heterocycles. The Bertz CT molecular complexity index is 576. The van der Waals surface area contributed by atoms with Crippen LogP contribution >= 0.6 is 15.9 Å². The first-order chi connectivity index (χ1) is 8.63. The number of rotatable bonds is 5. The first-order valence-corrected chi connectivity index (χ1v) is 7.67. The van der Waals surface area contributed by atoms with Crippen LogP contribution in [0, 0.1) is 5.82 Å². The summed E-state index contributed by atoms with van der Waals surface area (Å²) < 4.78 is 45.5. The van der Waals surface area contributed by atoms with E-state index < -0.39 is 21.4 Å². The van der Waals surface area contributed by atoms with Gasteiger partial charge in [-0.15, -0.1) is 0 Å². The lowest BCUT2D eigenvalue weighted by Gasteiger charge is -2.24. The van der Waals surface area contributed by atoms with Gasteiger partial charge in [0.2, 0.25) is 10.0 Å². The minimum atomic E-state index is -3.93. The zero-order valence-corrected chi connectivity index (χ0v) is 13.2. The maximum absolute atomic E-state index is 13.5. The van der Waals surface area contributed by atoms with Crippen molar-refractivity contribution in [2.24, 2.45) is 5.73 Å². The summed E-state index contributed by atoms with van der Waals surface area (Å²) >= 11 is 2.97. The van der Waals surface area contributed by atoms with Crippen molar-refractivity contribution >= 4 is 26.0 Å². The van der Waals surface area contributed by atoms with Crippen molar-refractivity contribution in [3.8, 4) is 5.75 Å². The SMILES string of the molecule is COc1cc(Br)c(F)cc1S(=O)(=O)NC(C)(C)CN. The van der Waals surface area contributed by atoms with Crippen LogP contribution in [-0.2, 0) is 10.0 Å². The number of benzene rings is 1. The summed E-state index contributed by atoms with van der Waals surface area (Å²) in [6.07, 6.45) is 0. The molecular formula is C11H16BrFN2O3S. The molecule has 3 N–H and O–H groups in total. The summed E-state index contributed by atoms with van der Waals surface area (Å²) in [5.74, 6) is -0.639. The van der Waals surface area contributed by atoms with Crippen molar-refractivity contribution in [2.45, 2.75) is 24.3 Å². The van der Waals surface area contributed by atoms with Crippen LogP contribution in [-0.4, -0.2) is 27.6 Å². The Balaban J connectivity index is 3.32. The Labute approximate surface area is 120 Å². The monoisotopic (exact) mass is 354 g/mol. The summed E-state index contributed by atoms with van der Waals surface area (Å²) in [5, 5.41) is 0. The lowest BCUT2D eigenvalue weighted by Crippen LogP contribution is -2.48. The average Bonchev–Trinajstić information content (AvgIpc) is 2.30. The van der Waals surface area contributed by atoms with E-state index in [1.165, 1.54) is 13.2 Å². The van der Waals surface area contributed by atoms with Crippen LogP contribution in [0.3, 0.4) is 0 Å². The van der Waals surface area contributed by atoms with Gasteiger partial charge in [-0.3, -0.25) is 0 Å². The maximum atomic E-state index is 13.5. The molecule has 108 valence electrons. The Morgan fingerprint density at radius 3 is 2.53 bits per heavy atom. The quantitative estimate of drug-likeness (QED) is 0.841. The van der Waals surface area contributed by atoms with E-state index >= 15 is 0 Å². The number of hydrogen-bond donors (Lipinski definition) is 2. The van der Waals surface area contributed by atoms with Crippen molar-refractivity contribution < 1.29 is 17.5 Å². The molecule has 0 fully saturated rings. The van der Waals surface area contributed by atoms with Gasteiger partial charge in [-0.2, -0.15) is 0 Å². The predicted octanol–water partition coefficient (Wildman–Crippen LogP) is 1.61. The summed E-state index contributed by atoms with van der Waals surface area (Å²) in [6, 6.07) is 2.16. The zero-order valence-electron chi connectivity index (χ0n) is 10.8. The minimum absolute atomic E-state index is 0.0496. The van der Waals surface area contributed by atoms with Gasteiger partial charge in [0.15, 0.2) is 0 Å². The molecule has 1 aromatic rings. The molecule has 0 amide bonds. The van der Waals surface area contributed by atoms with E-state index in [0.29, 0.717) is 0 Å². The fraction of sp³-hybridized carbons (Fsp3) is 0.455. The molecule has 0 atom stereocenters. The van der Waals surface area contributed by atoms with Gasteiger partial charge in [0.1, 0.15) is 16.5 Å². The van der Waals surface area contributed by atoms with Gasteiger partial charge in [-0.1, -0.05) is 0 Å². The summed E-state index contributed by atoms with van der Waals surface area (Å²) in [6.45, 7) is 3.37. The molecule has 1 rings (SSSR count). The fourth-order valence-electron chi connectivity index (χ4n) is 1.34. The molecule has 19 heavy (non-hydrogen) atoms. The van der Waals surface area contributed by atoms with Crippen molar-refractivity contribution in [1.29, 1.82) is 0 Å². The van der Waals surface area contributed by atoms with E-state index in [0.717, 1.165) is 6.07 Å². The third-order valence-electron chi connectivity index (χ3n) is 2.42. The van der Waals surface area contributed by atoms with Crippen LogP contribution in [0.5, 0.6) is 5.75 Å². The van der Waals surface area contributed by atoms with Crippen molar-refractivity contribution in [3.05, 3.63) is 22.4 Å². The lowest BCUT2D eigenvalue weighted by molar-refractivity contribution is 0.398. The molecule has 8 heteroatoms. The number of hydrogen-bond acceptors (Lipinski definition) is 4. The van der Waals surface area contributed by atoms with Crippen LogP contribution in [0.2, 0.25) is 0 Å². The van der Waals surface area contributed by atoms with Gasteiger partial charge in [0.25, 0.3) is 0 Å². The van der Waals surface area contributed by atoms with Crippen LogP contribution in [0.25, 0.3) is 0 Å². The summed E-state index contributed by atoms with van der Waals surface area (Å²) in [7, 11) is -2.62. The van der Waals surface area contributed by atoms with Gasteiger partial charge < -0.3 is 10.5 Å². The maximum Gasteiger partial charge on any atom is 0.244 e. The number of nitrogens with one attached hydrogen (secondary N) is 1. The molecule has 0 saturated heterocycles. The Hall–Kier alpha value is -0.700. The molecule has 1 aromatic carbocycles. The van der Waals surface area contributed by atoms with E-state index in [4.69, 9.17) is 10.5 Å². The highest BCUT2D eigenvalue weighted by Gasteiger charge is 2.28. The molecule has 0 bridgehead atoms. The molecule has 0 aliphatic rings. The molecule has 0 aliphatic carbocycles. The zero-order chi connectivity index (χ0) is 14.8. The highest BCUT2D eigenvalue weighted by molar-refractivity contribution is 9.10. The van der Waals surface area contributed by atoms with Gasteiger partial charge >= 0.3 is 0 Å². The van der Waals surface area contributed by atoms with E-state index in [-0.39, 0.29) is 21.7 Å². The van der Waals surface area contributed by atoms with E-state index in [9.17, 15) is 12.8 Å². The van der Waals surface area contributed by atoms with E-state index in [1.807, 2.05) is 0 Å². The Kier molecular flexibility index (Phi) is 4.94. The molecular weight excluding hydrogens is 339 g/mol. The molecule has 0 spiro atoms. The smallest absolute Gasteiger partial charge is 0.244 e. The Morgan fingerprint density at radius 1 is 1.47 bits per heavy atom. The van der Waals surface area contributed by atoms with Gasteiger partial charge in [0, 0.05) is 12.1 Å². The number of ether oxygens (including phenoxy) is 1. The van der Waals surface area contributed by atoms with Gasteiger partial charge in [-0.25, -0.2) is 17.5 Å². The van der Waals surface area contributed by atoms with Crippen molar-refractivity contribution in [1.82, 2.24) is 4.72 Å². The molecule has 0 heterocycles. The molecule has 5 nitrogen and oxygen atoms in total. The number of methoxy groups -OCH3 is 1. The Morgan fingerprint density at radius 2 is 2.05 bits per heavy atom. The first kappa shape index (κ1) is 16.4.